The molecule has 0 radical (unpaired) electrons. The van der Waals surface area contributed by atoms with Crippen LogP contribution in [-0.2, 0) is 4.79 Å². The van der Waals surface area contributed by atoms with Gasteiger partial charge in [-0.2, -0.15) is 0 Å². The van der Waals surface area contributed by atoms with Gasteiger partial charge < -0.3 is 19.9 Å². The number of nitrogens with one attached hydrogen (secondary N) is 1. The van der Waals surface area contributed by atoms with Crippen molar-refractivity contribution >= 4 is 5.91 Å². The lowest BCUT2D eigenvalue weighted by molar-refractivity contribution is -0.128. The van der Waals surface area contributed by atoms with Crippen LogP contribution in [0.25, 0.3) is 0 Å². The van der Waals surface area contributed by atoms with Crippen molar-refractivity contribution in [3.8, 4) is 11.5 Å². The quantitative estimate of drug-likeness (QED) is 0.796. The van der Waals surface area contributed by atoms with Gasteiger partial charge in [-0.15, -0.1) is 0 Å². The molecule has 1 amide bonds. The van der Waals surface area contributed by atoms with Gasteiger partial charge in [0.1, 0.15) is 11.5 Å². The van der Waals surface area contributed by atoms with Gasteiger partial charge in [0.15, 0.2) is 6.10 Å². The number of aliphatic hydroxyl groups is 1. The highest BCUT2D eigenvalue weighted by Crippen LogP contribution is 2.18. The molecule has 0 aliphatic rings. The summed E-state index contributed by atoms with van der Waals surface area (Å²) in [5, 5.41) is 12.0. The van der Waals surface area contributed by atoms with Crippen LogP contribution in [-0.4, -0.2) is 36.9 Å². The van der Waals surface area contributed by atoms with Crippen molar-refractivity contribution in [1.29, 1.82) is 0 Å². The standard InChI is InChI=1S/C15H23NO4/c1-10(2)14(9-17)16-15(18)11(3)20-13-7-5-12(19-4)6-8-13/h5-8,10-11,14,17H,9H2,1-4H3,(H,16,18). The molecule has 112 valence electrons. The van der Waals surface area contributed by atoms with E-state index in [2.05, 4.69) is 5.32 Å². The van der Waals surface area contributed by atoms with E-state index in [-0.39, 0.29) is 24.5 Å². The highest BCUT2D eigenvalue weighted by atomic mass is 16.5. The fraction of sp³-hybridized carbons (Fsp3) is 0.533. The summed E-state index contributed by atoms with van der Waals surface area (Å²) in [7, 11) is 1.59. The molecule has 5 heteroatoms. The minimum Gasteiger partial charge on any atom is -0.497 e. The van der Waals surface area contributed by atoms with Gasteiger partial charge >= 0.3 is 0 Å². The summed E-state index contributed by atoms with van der Waals surface area (Å²) in [6.45, 7) is 5.47. The molecule has 1 rings (SSSR count). The minimum absolute atomic E-state index is 0.0847. The van der Waals surface area contributed by atoms with Crippen molar-refractivity contribution in [2.45, 2.75) is 32.9 Å². The molecule has 2 atom stereocenters. The molecule has 1 aromatic carbocycles. The summed E-state index contributed by atoms with van der Waals surface area (Å²) in [5.74, 6) is 1.25. The topological polar surface area (TPSA) is 67.8 Å². The second-order valence-corrected chi connectivity index (χ2v) is 4.98. The Morgan fingerprint density at radius 2 is 1.75 bits per heavy atom. The zero-order valence-corrected chi connectivity index (χ0v) is 12.4. The summed E-state index contributed by atoms with van der Waals surface area (Å²) < 4.78 is 10.6. The molecular weight excluding hydrogens is 258 g/mol. The number of hydrogen-bond donors (Lipinski definition) is 2. The highest BCUT2D eigenvalue weighted by Gasteiger charge is 2.20. The SMILES string of the molecule is COc1ccc(OC(C)C(=O)NC(CO)C(C)C)cc1. The van der Waals surface area contributed by atoms with E-state index in [0.29, 0.717) is 5.75 Å². The van der Waals surface area contributed by atoms with E-state index in [0.717, 1.165) is 5.75 Å². The van der Waals surface area contributed by atoms with Crippen molar-refractivity contribution in [1.82, 2.24) is 5.32 Å². The predicted molar refractivity (Wildman–Crippen MR) is 76.9 cm³/mol. The van der Waals surface area contributed by atoms with Crippen LogP contribution in [0.1, 0.15) is 20.8 Å². The molecule has 20 heavy (non-hydrogen) atoms. The molecule has 0 saturated carbocycles. The summed E-state index contributed by atoms with van der Waals surface area (Å²) in [6, 6.07) is 6.77. The third-order valence-electron chi connectivity index (χ3n) is 3.07. The van der Waals surface area contributed by atoms with E-state index in [1.807, 2.05) is 13.8 Å². The molecule has 0 spiro atoms. The molecule has 0 saturated heterocycles. The Labute approximate surface area is 119 Å². The molecule has 2 unspecified atom stereocenters. The van der Waals surface area contributed by atoms with Gasteiger partial charge in [-0.3, -0.25) is 4.79 Å². The summed E-state index contributed by atoms with van der Waals surface area (Å²) in [5.41, 5.74) is 0. The Morgan fingerprint density at radius 3 is 2.20 bits per heavy atom. The van der Waals surface area contributed by atoms with Crippen LogP contribution in [0, 0.1) is 5.92 Å². The van der Waals surface area contributed by atoms with Crippen LogP contribution in [0.3, 0.4) is 0 Å². The average Bonchev–Trinajstić information content (AvgIpc) is 2.44. The maximum atomic E-state index is 12.0. The normalized spacial score (nSPS) is 13.7. The summed E-state index contributed by atoms with van der Waals surface area (Å²) >= 11 is 0. The molecule has 1 aromatic rings. The Hall–Kier alpha value is -1.75. The van der Waals surface area contributed by atoms with Gasteiger partial charge in [-0.05, 0) is 37.1 Å². The second kappa shape index (κ2) is 7.75. The molecule has 0 aliphatic carbocycles. The molecule has 0 aromatic heterocycles. The zero-order chi connectivity index (χ0) is 15.1. The van der Waals surface area contributed by atoms with E-state index >= 15 is 0 Å². The first-order valence-electron chi connectivity index (χ1n) is 6.69. The monoisotopic (exact) mass is 281 g/mol. The Morgan fingerprint density at radius 1 is 1.20 bits per heavy atom. The fourth-order valence-corrected chi connectivity index (χ4v) is 1.64. The second-order valence-electron chi connectivity index (χ2n) is 4.98. The minimum atomic E-state index is -0.629. The van der Waals surface area contributed by atoms with Crippen LogP contribution in [0.15, 0.2) is 24.3 Å². The van der Waals surface area contributed by atoms with E-state index in [4.69, 9.17) is 9.47 Å². The lowest BCUT2D eigenvalue weighted by Gasteiger charge is -2.22. The molecule has 0 bridgehead atoms. The third-order valence-corrected chi connectivity index (χ3v) is 3.07. The first kappa shape index (κ1) is 16.3. The van der Waals surface area contributed by atoms with E-state index in [1.54, 1.807) is 38.3 Å². The number of ether oxygens (including phenoxy) is 2. The predicted octanol–water partition coefficient (Wildman–Crippen LogP) is 1.60. The van der Waals surface area contributed by atoms with E-state index < -0.39 is 6.10 Å². The first-order chi connectivity index (χ1) is 9.47. The van der Waals surface area contributed by atoms with Crippen LogP contribution in [0.2, 0.25) is 0 Å². The van der Waals surface area contributed by atoms with Crippen LogP contribution >= 0.6 is 0 Å². The lowest BCUT2D eigenvalue weighted by Crippen LogP contribution is -2.46. The maximum absolute atomic E-state index is 12.0. The molecule has 2 N–H and O–H groups in total. The van der Waals surface area contributed by atoms with E-state index in [9.17, 15) is 9.90 Å². The number of hydrogen-bond acceptors (Lipinski definition) is 4. The lowest BCUT2D eigenvalue weighted by atomic mass is 10.1. The zero-order valence-electron chi connectivity index (χ0n) is 12.4. The van der Waals surface area contributed by atoms with E-state index in [1.165, 1.54) is 0 Å². The summed E-state index contributed by atoms with van der Waals surface area (Å²) in [4.78, 5) is 12.0. The van der Waals surface area contributed by atoms with Crippen LogP contribution in [0.5, 0.6) is 11.5 Å². The molecule has 0 fully saturated rings. The van der Waals surface area contributed by atoms with Crippen molar-refractivity contribution in [2.75, 3.05) is 13.7 Å². The van der Waals surface area contributed by atoms with Gasteiger partial charge in [0.2, 0.25) is 0 Å². The Balaban J connectivity index is 2.56. The molecule has 0 aliphatic heterocycles. The summed E-state index contributed by atoms with van der Waals surface area (Å²) in [6.07, 6.45) is -0.629. The number of carbonyl (C=O) groups excluding carboxylic acids is 1. The number of methoxy groups -OCH3 is 1. The third kappa shape index (κ3) is 4.74. The van der Waals surface area contributed by atoms with Crippen molar-refractivity contribution < 1.29 is 19.4 Å². The average molecular weight is 281 g/mol. The molecule has 5 nitrogen and oxygen atoms in total. The van der Waals surface area contributed by atoms with Gasteiger partial charge in [0.05, 0.1) is 19.8 Å². The van der Waals surface area contributed by atoms with Gasteiger partial charge in [-0.1, -0.05) is 13.8 Å². The number of amides is 1. The molecule has 0 heterocycles. The number of aliphatic hydroxyl groups excluding tert-OH is 1. The van der Waals surface area contributed by atoms with Crippen LogP contribution in [0.4, 0.5) is 0 Å². The largest absolute Gasteiger partial charge is 0.497 e. The smallest absolute Gasteiger partial charge is 0.261 e. The fourth-order valence-electron chi connectivity index (χ4n) is 1.64. The molecular formula is C15H23NO4. The van der Waals surface area contributed by atoms with Crippen molar-refractivity contribution in [2.24, 2.45) is 5.92 Å². The van der Waals surface area contributed by atoms with Gasteiger partial charge in [0, 0.05) is 0 Å². The maximum Gasteiger partial charge on any atom is 0.261 e. The highest BCUT2D eigenvalue weighted by molar-refractivity contribution is 5.81. The Bertz CT molecular complexity index is 416. The number of carbonyl (C=O) groups is 1. The van der Waals surface area contributed by atoms with Crippen molar-refractivity contribution in [3.63, 3.8) is 0 Å². The van der Waals surface area contributed by atoms with Crippen LogP contribution < -0.4 is 14.8 Å². The van der Waals surface area contributed by atoms with Gasteiger partial charge in [-0.25, -0.2) is 0 Å². The van der Waals surface area contributed by atoms with Gasteiger partial charge in [0.25, 0.3) is 5.91 Å². The number of benzene rings is 1. The first-order valence-corrected chi connectivity index (χ1v) is 6.69. The number of rotatable bonds is 7. The van der Waals surface area contributed by atoms with Crippen molar-refractivity contribution in [3.05, 3.63) is 24.3 Å². The Kier molecular flexibility index (Phi) is 6.31.